The van der Waals surface area contributed by atoms with Gasteiger partial charge in [-0.3, -0.25) is 9.80 Å². The van der Waals surface area contributed by atoms with E-state index in [1.165, 1.54) is 30.5 Å². The van der Waals surface area contributed by atoms with Crippen LogP contribution in [0.4, 0.5) is 0 Å². The van der Waals surface area contributed by atoms with Crippen molar-refractivity contribution in [1.82, 2.24) is 20.4 Å². The minimum Gasteiger partial charge on any atom is -0.393 e. The summed E-state index contributed by atoms with van der Waals surface area (Å²) in [6.07, 6.45) is 4.26. The van der Waals surface area contributed by atoms with Crippen molar-refractivity contribution in [3.8, 4) is 0 Å². The molecule has 0 spiro atoms. The van der Waals surface area contributed by atoms with E-state index in [1.807, 2.05) is 0 Å². The minimum atomic E-state index is -0.107. The number of nitrogens with zero attached hydrogens (tertiary/aromatic N) is 3. The molecule has 1 aromatic carbocycles. The van der Waals surface area contributed by atoms with Gasteiger partial charge in [-0.25, -0.2) is 4.99 Å². The number of rotatable bonds is 8. The molecular formula is C23H40IN5O. The molecule has 170 valence electrons. The van der Waals surface area contributed by atoms with Crippen molar-refractivity contribution in [3.63, 3.8) is 0 Å². The van der Waals surface area contributed by atoms with Crippen LogP contribution in [0.15, 0.2) is 29.3 Å². The second-order valence-corrected chi connectivity index (χ2v) is 8.32. The van der Waals surface area contributed by atoms with Crippen molar-refractivity contribution in [3.05, 3.63) is 35.4 Å². The Morgan fingerprint density at radius 2 is 1.73 bits per heavy atom. The second kappa shape index (κ2) is 13.5. The molecule has 2 aliphatic heterocycles. The van der Waals surface area contributed by atoms with Crippen LogP contribution in [0.3, 0.4) is 0 Å². The molecule has 0 saturated carbocycles. The molecule has 1 atom stereocenters. The third kappa shape index (κ3) is 7.98. The summed E-state index contributed by atoms with van der Waals surface area (Å²) in [5.74, 6) is 0.909. The number of piperidine rings is 1. The van der Waals surface area contributed by atoms with E-state index in [-0.39, 0.29) is 30.1 Å². The Hall–Kier alpha value is -0.900. The first-order valence-electron chi connectivity index (χ1n) is 11.4. The lowest BCUT2D eigenvalue weighted by Crippen LogP contribution is -2.44. The van der Waals surface area contributed by atoms with Gasteiger partial charge in [-0.1, -0.05) is 31.2 Å². The third-order valence-corrected chi connectivity index (χ3v) is 6.16. The SMILES string of the molecule is CCNC(=NCc1ccc(CN2CCC(O)CC2)cc1)NCC1CCCN1CC.I. The maximum atomic E-state index is 9.65. The van der Waals surface area contributed by atoms with Crippen LogP contribution in [0.2, 0.25) is 0 Å². The highest BCUT2D eigenvalue weighted by Gasteiger charge is 2.22. The molecule has 7 heteroatoms. The van der Waals surface area contributed by atoms with Crippen LogP contribution >= 0.6 is 24.0 Å². The molecule has 30 heavy (non-hydrogen) atoms. The van der Waals surface area contributed by atoms with E-state index < -0.39 is 0 Å². The first-order valence-corrected chi connectivity index (χ1v) is 11.4. The summed E-state index contributed by atoms with van der Waals surface area (Å²) in [5, 5.41) is 16.6. The summed E-state index contributed by atoms with van der Waals surface area (Å²) in [4.78, 5) is 9.77. The monoisotopic (exact) mass is 529 g/mol. The van der Waals surface area contributed by atoms with Gasteiger partial charge in [0, 0.05) is 38.8 Å². The van der Waals surface area contributed by atoms with Gasteiger partial charge in [0.05, 0.1) is 12.6 Å². The van der Waals surface area contributed by atoms with Crippen LogP contribution in [-0.2, 0) is 13.1 Å². The smallest absolute Gasteiger partial charge is 0.191 e. The number of aliphatic imine (C=N–C) groups is 1. The van der Waals surface area contributed by atoms with Gasteiger partial charge in [0.15, 0.2) is 5.96 Å². The normalized spacial score (nSPS) is 21.4. The summed E-state index contributed by atoms with van der Waals surface area (Å²) >= 11 is 0. The van der Waals surface area contributed by atoms with E-state index in [1.54, 1.807) is 0 Å². The number of guanidine groups is 1. The number of aliphatic hydroxyl groups excluding tert-OH is 1. The number of aliphatic hydroxyl groups is 1. The lowest BCUT2D eigenvalue weighted by atomic mass is 10.1. The van der Waals surface area contributed by atoms with Crippen molar-refractivity contribution in [2.24, 2.45) is 4.99 Å². The average molecular weight is 530 g/mol. The molecule has 3 rings (SSSR count). The third-order valence-electron chi connectivity index (χ3n) is 6.16. The number of halogens is 1. The van der Waals surface area contributed by atoms with Crippen LogP contribution in [0.1, 0.15) is 50.7 Å². The van der Waals surface area contributed by atoms with Crippen LogP contribution < -0.4 is 10.6 Å². The summed E-state index contributed by atoms with van der Waals surface area (Å²) in [5.41, 5.74) is 2.57. The zero-order chi connectivity index (χ0) is 20.5. The Balaban J connectivity index is 0.00000320. The molecule has 0 bridgehead atoms. The molecule has 0 radical (unpaired) electrons. The van der Waals surface area contributed by atoms with Crippen LogP contribution in [-0.4, -0.2) is 72.3 Å². The Morgan fingerprint density at radius 3 is 2.40 bits per heavy atom. The van der Waals surface area contributed by atoms with Crippen LogP contribution in [0, 0.1) is 0 Å². The Kier molecular flexibility index (Phi) is 11.4. The number of nitrogens with one attached hydrogen (secondary N) is 2. The Bertz CT molecular complexity index is 631. The molecule has 2 fully saturated rings. The fourth-order valence-corrected chi connectivity index (χ4v) is 4.35. The number of hydrogen-bond donors (Lipinski definition) is 3. The van der Waals surface area contributed by atoms with Gasteiger partial charge in [-0.05, 0) is 56.8 Å². The maximum Gasteiger partial charge on any atom is 0.191 e. The van der Waals surface area contributed by atoms with Gasteiger partial charge in [0.1, 0.15) is 0 Å². The zero-order valence-electron chi connectivity index (χ0n) is 18.6. The van der Waals surface area contributed by atoms with Gasteiger partial charge in [0.25, 0.3) is 0 Å². The fraction of sp³-hybridized carbons (Fsp3) is 0.696. The largest absolute Gasteiger partial charge is 0.393 e. The number of likely N-dealkylation sites (N-methyl/N-ethyl adjacent to an activating group) is 1. The predicted molar refractivity (Wildman–Crippen MR) is 135 cm³/mol. The number of hydrogen-bond acceptors (Lipinski definition) is 4. The van der Waals surface area contributed by atoms with E-state index in [2.05, 4.69) is 58.5 Å². The van der Waals surface area contributed by atoms with Crippen molar-refractivity contribution < 1.29 is 5.11 Å². The first kappa shape index (κ1) is 25.4. The summed E-state index contributed by atoms with van der Waals surface area (Å²) in [7, 11) is 0. The van der Waals surface area contributed by atoms with Gasteiger partial charge < -0.3 is 15.7 Å². The van der Waals surface area contributed by atoms with Gasteiger partial charge >= 0.3 is 0 Å². The fourth-order valence-electron chi connectivity index (χ4n) is 4.35. The Morgan fingerprint density at radius 1 is 1.03 bits per heavy atom. The molecule has 1 unspecified atom stereocenters. The molecule has 0 aromatic heterocycles. The molecule has 3 N–H and O–H groups in total. The van der Waals surface area contributed by atoms with E-state index in [9.17, 15) is 5.11 Å². The van der Waals surface area contributed by atoms with Crippen LogP contribution in [0.5, 0.6) is 0 Å². The van der Waals surface area contributed by atoms with Gasteiger partial charge in [-0.2, -0.15) is 0 Å². The number of likely N-dealkylation sites (tertiary alicyclic amines) is 2. The van der Waals surface area contributed by atoms with Crippen molar-refractivity contribution in [2.45, 2.75) is 64.8 Å². The molecule has 2 aliphatic rings. The highest BCUT2D eigenvalue weighted by atomic mass is 127. The first-order chi connectivity index (χ1) is 14.2. The lowest BCUT2D eigenvalue weighted by Gasteiger charge is -2.29. The van der Waals surface area contributed by atoms with Crippen molar-refractivity contribution in [2.75, 3.05) is 39.3 Å². The van der Waals surface area contributed by atoms with Crippen molar-refractivity contribution in [1.29, 1.82) is 0 Å². The molecule has 0 amide bonds. The van der Waals surface area contributed by atoms with Gasteiger partial charge in [0.2, 0.25) is 0 Å². The summed E-state index contributed by atoms with van der Waals surface area (Å²) < 4.78 is 0. The van der Waals surface area contributed by atoms with E-state index >= 15 is 0 Å². The number of benzene rings is 1. The van der Waals surface area contributed by atoms with Crippen LogP contribution in [0.25, 0.3) is 0 Å². The lowest BCUT2D eigenvalue weighted by molar-refractivity contribution is 0.0792. The molecule has 6 nitrogen and oxygen atoms in total. The predicted octanol–water partition coefficient (Wildman–Crippen LogP) is 2.80. The molecule has 2 heterocycles. The van der Waals surface area contributed by atoms with E-state index in [0.29, 0.717) is 12.6 Å². The molecule has 0 aliphatic carbocycles. The average Bonchev–Trinajstić information content (AvgIpc) is 3.20. The topological polar surface area (TPSA) is 63.1 Å². The quantitative estimate of drug-likeness (QED) is 0.275. The highest BCUT2D eigenvalue weighted by Crippen LogP contribution is 2.16. The maximum absolute atomic E-state index is 9.65. The molecular weight excluding hydrogens is 489 g/mol. The summed E-state index contributed by atoms with van der Waals surface area (Å²) in [6, 6.07) is 9.44. The van der Waals surface area contributed by atoms with E-state index in [0.717, 1.165) is 58.1 Å². The van der Waals surface area contributed by atoms with E-state index in [4.69, 9.17) is 4.99 Å². The minimum absolute atomic E-state index is 0. The van der Waals surface area contributed by atoms with Crippen molar-refractivity contribution >= 4 is 29.9 Å². The standard InChI is InChI=1S/C23H39N5O.HI/c1-3-24-23(26-17-21-6-5-13-28(21)4-2)25-16-19-7-9-20(10-8-19)18-27-14-11-22(29)12-15-27;/h7-10,21-22,29H,3-6,11-18H2,1-2H3,(H2,24,25,26);1H. The molecule has 2 saturated heterocycles. The molecule has 1 aromatic rings. The summed E-state index contributed by atoms with van der Waals surface area (Å²) in [6.45, 7) is 12.2. The zero-order valence-corrected chi connectivity index (χ0v) is 21.0. The highest BCUT2D eigenvalue weighted by molar-refractivity contribution is 14.0. The Labute approximate surface area is 199 Å². The second-order valence-electron chi connectivity index (χ2n) is 8.32. The van der Waals surface area contributed by atoms with Gasteiger partial charge in [-0.15, -0.1) is 24.0 Å².